The van der Waals surface area contributed by atoms with E-state index in [1.165, 1.54) is 19.2 Å². The predicted molar refractivity (Wildman–Crippen MR) is 70.1 cm³/mol. The van der Waals surface area contributed by atoms with Gasteiger partial charge in [0.2, 0.25) is 0 Å². The van der Waals surface area contributed by atoms with Crippen molar-refractivity contribution in [3.63, 3.8) is 0 Å². The maximum Gasteiger partial charge on any atom is 0.427 e. The molecular weight excluding hydrogens is 250 g/mol. The Hall–Kier alpha value is -2.44. The molecule has 0 heterocycles. The second-order valence-corrected chi connectivity index (χ2v) is 3.72. The van der Waals surface area contributed by atoms with Gasteiger partial charge in [-0.25, -0.2) is 10.2 Å². The zero-order valence-corrected chi connectivity index (χ0v) is 10.8. The number of benzene rings is 1. The molecule has 0 aliphatic heterocycles. The second kappa shape index (κ2) is 7.10. The quantitative estimate of drug-likeness (QED) is 0.502. The third kappa shape index (κ3) is 4.38. The van der Waals surface area contributed by atoms with E-state index in [-0.39, 0.29) is 5.69 Å². The number of carbonyl (C=O) groups excluding carboxylic acids is 1. The molecule has 1 N–H and O–H groups in total. The van der Waals surface area contributed by atoms with E-state index in [1.807, 2.05) is 6.92 Å². The summed E-state index contributed by atoms with van der Waals surface area (Å²) in [5.74, 6) is 0. The van der Waals surface area contributed by atoms with Crippen molar-refractivity contribution in [1.82, 2.24) is 5.43 Å². The number of hydrogen-bond donors (Lipinski definition) is 1. The van der Waals surface area contributed by atoms with E-state index in [4.69, 9.17) is 0 Å². The zero-order chi connectivity index (χ0) is 14.3. The van der Waals surface area contributed by atoms with Crippen LogP contribution in [0.4, 0.5) is 10.5 Å². The SMILES string of the molecule is CCC/C(=N/NC(=O)OC)c1cccc([N+](=O)[O-])c1. The molecule has 1 aromatic carbocycles. The molecule has 0 radical (unpaired) electrons. The Balaban J connectivity index is 3.01. The van der Waals surface area contributed by atoms with Crippen molar-refractivity contribution in [3.05, 3.63) is 39.9 Å². The van der Waals surface area contributed by atoms with Crippen molar-refractivity contribution in [1.29, 1.82) is 0 Å². The maximum absolute atomic E-state index is 11.0. The molecule has 0 aliphatic rings. The van der Waals surface area contributed by atoms with Crippen LogP contribution in [0, 0.1) is 10.1 Å². The normalized spacial score (nSPS) is 10.9. The molecule has 102 valence electrons. The second-order valence-electron chi connectivity index (χ2n) is 3.72. The number of non-ortho nitro benzene ring substituents is 1. The summed E-state index contributed by atoms with van der Waals surface area (Å²) >= 11 is 0. The first-order valence-corrected chi connectivity index (χ1v) is 5.73. The molecule has 19 heavy (non-hydrogen) atoms. The molecule has 1 aromatic rings. The van der Waals surface area contributed by atoms with Gasteiger partial charge in [0, 0.05) is 17.7 Å². The summed E-state index contributed by atoms with van der Waals surface area (Å²) in [6, 6.07) is 6.12. The Kier molecular flexibility index (Phi) is 5.46. The van der Waals surface area contributed by atoms with Gasteiger partial charge in [-0.1, -0.05) is 25.5 Å². The van der Waals surface area contributed by atoms with Gasteiger partial charge >= 0.3 is 6.09 Å². The van der Waals surface area contributed by atoms with E-state index in [9.17, 15) is 14.9 Å². The Morgan fingerprint density at radius 2 is 2.26 bits per heavy atom. The highest BCUT2D eigenvalue weighted by atomic mass is 16.6. The van der Waals surface area contributed by atoms with Crippen molar-refractivity contribution in [2.45, 2.75) is 19.8 Å². The Labute approximate surface area is 110 Å². The van der Waals surface area contributed by atoms with Gasteiger partial charge in [-0.15, -0.1) is 0 Å². The van der Waals surface area contributed by atoms with Crippen LogP contribution in [0.15, 0.2) is 29.4 Å². The van der Waals surface area contributed by atoms with Gasteiger partial charge in [-0.2, -0.15) is 5.10 Å². The van der Waals surface area contributed by atoms with Crippen LogP contribution in [-0.2, 0) is 4.74 Å². The van der Waals surface area contributed by atoms with Crippen molar-refractivity contribution in [2.24, 2.45) is 5.10 Å². The third-order valence-electron chi connectivity index (χ3n) is 2.34. The van der Waals surface area contributed by atoms with Crippen LogP contribution in [0.25, 0.3) is 0 Å². The molecular formula is C12H15N3O4. The number of hydrazone groups is 1. The number of amides is 1. The third-order valence-corrected chi connectivity index (χ3v) is 2.34. The largest absolute Gasteiger partial charge is 0.452 e. The van der Waals surface area contributed by atoms with Gasteiger partial charge in [0.05, 0.1) is 17.7 Å². The summed E-state index contributed by atoms with van der Waals surface area (Å²) in [7, 11) is 1.23. The Morgan fingerprint density at radius 1 is 1.53 bits per heavy atom. The van der Waals surface area contributed by atoms with Crippen molar-refractivity contribution in [3.8, 4) is 0 Å². The van der Waals surface area contributed by atoms with Crippen LogP contribution in [0.3, 0.4) is 0 Å². The fourth-order valence-corrected chi connectivity index (χ4v) is 1.46. The Morgan fingerprint density at radius 3 is 2.84 bits per heavy atom. The lowest BCUT2D eigenvalue weighted by Gasteiger charge is -2.05. The van der Waals surface area contributed by atoms with Crippen molar-refractivity contribution >= 4 is 17.5 Å². The molecule has 0 bridgehead atoms. The molecule has 7 heteroatoms. The number of ether oxygens (including phenoxy) is 1. The smallest absolute Gasteiger partial charge is 0.427 e. The van der Waals surface area contributed by atoms with Gasteiger partial charge < -0.3 is 4.74 Å². The molecule has 0 saturated heterocycles. The molecule has 0 aliphatic carbocycles. The first-order valence-electron chi connectivity index (χ1n) is 5.73. The lowest BCUT2D eigenvalue weighted by Crippen LogP contribution is -2.19. The lowest BCUT2D eigenvalue weighted by molar-refractivity contribution is -0.384. The Bertz CT molecular complexity index is 500. The first kappa shape index (κ1) is 14.6. The van der Waals surface area contributed by atoms with Gasteiger partial charge in [0.25, 0.3) is 5.69 Å². The van der Waals surface area contributed by atoms with E-state index in [0.717, 1.165) is 6.42 Å². The summed E-state index contributed by atoms with van der Waals surface area (Å²) in [5, 5.41) is 14.6. The number of methoxy groups -OCH3 is 1. The number of nitrogens with one attached hydrogen (secondary N) is 1. The zero-order valence-electron chi connectivity index (χ0n) is 10.8. The van der Waals surface area contributed by atoms with Gasteiger partial charge in [0.1, 0.15) is 0 Å². The topological polar surface area (TPSA) is 93.8 Å². The fraction of sp³-hybridized carbons (Fsp3) is 0.333. The van der Waals surface area contributed by atoms with Crippen molar-refractivity contribution < 1.29 is 14.5 Å². The highest BCUT2D eigenvalue weighted by Gasteiger charge is 2.10. The molecule has 0 unspecified atom stereocenters. The van der Waals surface area contributed by atoms with E-state index in [2.05, 4.69) is 15.3 Å². The summed E-state index contributed by atoms with van der Waals surface area (Å²) < 4.78 is 4.41. The van der Waals surface area contributed by atoms with Crippen molar-refractivity contribution in [2.75, 3.05) is 7.11 Å². The minimum Gasteiger partial charge on any atom is -0.452 e. The highest BCUT2D eigenvalue weighted by Crippen LogP contribution is 2.15. The fourth-order valence-electron chi connectivity index (χ4n) is 1.46. The lowest BCUT2D eigenvalue weighted by atomic mass is 10.1. The molecule has 0 spiro atoms. The van der Waals surface area contributed by atoms with Crippen LogP contribution in [0.2, 0.25) is 0 Å². The monoisotopic (exact) mass is 265 g/mol. The molecule has 0 fully saturated rings. The number of nitro benzene ring substituents is 1. The molecule has 1 amide bonds. The molecule has 0 aromatic heterocycles. The summed E-state index contributed by atoms with van der Waals surface area (Å²) in [6.07, 6.45) is 0.703. The van der Waals surface area contributed by atoms with Gasteiger partial charge in [0.15, 0.2) is 0 Å². The summed E-state index contributed by atoms with van der Waals surface area (Å²) in [4.78, 5) is 21.2. The number of nitro groups is 1. The van der Waals surface area contributed by atoms with Crippen LogP contribution < -0.4 is 5.43 Å². The maximum atomic E-state index is 11.0. The number of hydrogen-bond acceptors (Lipinski definition) is 5. The van der Waals surface area contributed by atoms with Crippen LogP contribution >= 0.6 is 0 Å². The van der Waals surface area contributed by atoms with E-state index < -0.39 is 11.0 Å². The molecule has 1 rings (SSSR count). The van der Waals surface area contributed by atoms with Gasteiger partial charge in [-0.3, -0.25) is 10.1 Å². The molecule has 7 nitrogen and oxygen atoms in total. The average Bonchev–Trinajstić information content (AvgIpc) is 2.43. The van der Waals surface area contributed by atoms with E-state index in [1.54, 1.807) is 12.1 Å². The highest BCUT2D eigenvalue weighted by molar-refractivity contribution is 6.01. The van der Waals surface area contributed by atoms with E-state index in [0.29, 0.717) is 17.7 Å². The average molecular weight is 265 g/mol. The van der Waals surface area contributed by atoms with Crippen LogP contribution in [0.1, 0.15) is 25.3 Å². The van der Waals surface area contributed by atoms with Gasteiger partial charge in [-0.05, 0) is 6.42 Å². The predicted octanol–water partition coefficient (Wildman–Crippen LogP) is 2.46. The number of carbonyl (C=O) groups is 1. The summed E-state index contributed by atoms with van der Waals surface area (Å²) in [5.41, 5.74) is 3.38. The minimum atomic E-state index is -0.681. The van der Waals surface area contributed by atoms with E-state index >= 15 is 0 Å². The standard InChI is InChI=1S/C12H15N3O4/c1-3-5-11(13-14-12(16)19-2)9-6-4-7-10(8-9)15(17)18/h4,6-8H,3,5H2,1-2H3,(H,14,16)/b13-11-. The minimum absolute atomic E-state index is 0.0145. The number of nitrogens with zero attached hydrogens (tertiary/aromatic N) is 2. The van der Waals surface area contributed by atoms with Crippen LogP contribution in [-0.4, -0.2) is 23.8 Å². The molecule has 0 atom stereocenters. The molecule has 0 saturated carbocycles. The summed E-state index contributed by atoms with van der Waals surface area (Å²) in [6.45, 7) is 1.95. The number of rotatable bonds is 5. The first-order chi connectivity index (χ1) is 9.08. The van der Waals surface area contributed by atoms with Crippen LogP contribution in [0.5, 0.6) is 0 Å².